The Labute approximate surface area is 106 Å². The molecule has 100 valence electrons. The molecular formula is C8H7N5O5S. The van der Waals surface area contributed by atoms with Crippen LogP contribution in [0.4, 0.5) is 11.6 Å². The molecule has 1 aromatic carbocycles. The number of nitrogens with one attached hydrogen (secondary N) is 2. The van der Waals surface area contributed by atoms with E-state index in [-0.39, 0.29) is 10.8 Å². The van der Waals surface area contributed by atoms with E-state index in [0.717, 1.165) is 24.5 Å². The van der Waals surface area contributed by atoms with Crippen molar-refractivity contribution in [1.29, 1.82) is 0 Å². The Balaban J connectivity index is 2.41. The monoisotopic (exact) mass is 285 g/mol. The first-order valence-corrected chi connectivity index (χ1v) is 6.24. The minimum Gasteiger partial charge on any atom is -0.502 e. The Hall–Kier alpha value is -2.69. The molecule has 2 aromatic rings. The normalized spacial score (nSPS) is 11.2. The molecule has 0 amide bonds. The summed E-state index contributed by atoms with van der Waals surface area (Å²) in [6.07, 6.45) is 1.09. The predicted octanol–water partition coefficient (Wildman–Crippen LogP) is 0.219. The zero-order chi connectivity index (χ0) is 14.0. The van der Waals surface area contributed by atoms with Crippen molar-refractivity contribution in [2.75, 3.05) is 4.72 Å². The standard InChI is InChI=1S/C8H7N5O5S/c14-7-2-1-5(3-6(7)13(15)16)19(17,18)12-8-9-4-10-11-8/h1-4,14H,(H2,9,10,11,12). The summed E-state index contributed by atoms with van der Waals surface area (Å²) in [4.78, 5) is 12.9. The van der Waals surface area contributed by atoms with Crippen LogP contribution in [0.25, 0.3) is 0 Å². The van der Waals surface area contributed by atoms with Crippen molar-refractivity contribution >= 4 is 21.7 Å². The number of nitro benzene ring substituents is 1. The molecule has 0 aliphatic heterocycles. The summed E-state index contributed by atoms with van der Waals surface area (Å²) in [5, 5.41) is 25.6. The van der Waals surface area contributed by atoms with E-state index in [4.69, 9.17) is 0 Å². The van der Waals surface area contributed by atoms with Crippen molar-refractivity contribution in [3.05, 3.63) is 34.6 Å². The second kappa shape index (κ2) is 4.53. The molecule has 0 saturated carbocycles. The highest BCUT2D eigenvalue weighted by Gasteiger charge is 2.21. The number of aromatic amines is 1. The third kappa shape index (κ3) is 2.60. The van der Waals surface area contributed by atoms with E-state index in [1.807, 2.05) is 4.72 Å². The Kier molecular flexibility index (Phi) is 3.04. The quantitative estimate of drug-likeness (QED) is 0.536. The van der Waals surface area contributed by atoms with E-state index in [1.54, 1.807) is 0 Å². The van der Waals surface area contributed by atoms with Gasteiger partial charge in [-0.05, 0) is 12.1 Å². The van der Waals surface area contributed by atoms with Gasteiger partial charge >= 0.3 is 5.69 Å². The molecule has 2 rings (SSSR count). The molecule has 0 bridgehead atoms. The highest BCUT2D eigenvalue weighted by atomic mass is 32.2. The number of hydrogen-bond acceptors (Lipinski definition) is 7. The molecule has 1 aromatic heterocycles. The maximum Gasteiger partial charge on any atom is 0.312 e. The van der Waals surface area contributed by atoms with Crippen molar-refractivity contribution < 1.29 is 18.4 Å². The topological polar surface area (TPSA) is 151 Å². The van der Waals surface area contributed by atoms with Crippen LogP contribution < -0.4 is 4.72 Å². The van der Waals surface area contributed by atoms with Crippen LogP contribution in [0, 0.1) is 10.1 Å². The molecule has 19 heavy (non-hydrogen) atoms. The van der Waals surface area contributed by atoms with Crippen LogP contribution in [-0.2, 0) is 10.0 Å². The lowest BCUT2D eigenvalue weighted by atomic mass is 10.3. The van der Waals surface area contributed by atoms with E-state index in [9.17, 15) is 23.6 Å². The lowest BCUT2D eigenvalue weighted by Gasteiger charge is -2.05. The van der Waals surface area contributed by atoms with E-state index >= 15 is 0 Å². The van der Waals surface area contributed by atoms with Gasteiger partial charge in [0.1, 0.15) is 6.33 Å². The minimum absolute atomic E-state index is 0.129. The summed E-state index contributed by atoms with van der Waals surface area (Å²) in [7, 11) is -4.06. The number of benzene rings is 1. The molecule has 11 heteroatoms. The second-order valence-corrected chi connectivity index (χ2v) is 5.03. The molecule has 0 spiro atoms. The summed E-state index contributed by atoms with van der Waals surface area (Å²) < 4.78 is 25.8. The van der Waals surface area contributed by atoms with Crippen molar-refractivity contribution in [1.82, 2.24) is 15.2 Å². The summed E-state index contributed by atoms with van der Waals surface area (Å²) >= 11 is 0. The van der Waals surface area contributed by atoms with Gasteiger partial charge in [0.2, 0.25) is 5.95 Å². The third-order valence-electron chi connectivity index (χ3n) is 2.10. The zero-order valence-electron chi connectivity index (χ0n) is 9.14. The first kappa shape index (κ1) is 12.8. The lowest BCUT2D eigenvalue weighted by molar-refractivity contribution is -0.386. The number of rotatable bonds is 4. The average Bonchev–Trinajstić information content (AvgIpc) is 2.80. The molecule has 3 N–H and O–H groups in total. The maximum absolute atomic E-state index is 11.9. The van der Waals surface area contributed by atoms with Crippen LogP contribution in [0.1, 0.15) is 0 Å². The molecular weight excluding hydrogens is 278 g/mol. The molecule has 1 heterocycles. The smallest absolute Gasteiger partial charge is 0.312 e. The zero-order valence-corrected chi connectivity index (χ0v) is 9.96. The van der Waals surface area contributed by atoms with Gasteiger partial charge in [0.15, 0.2) is 5.75 Å². The van der Waals surface area contributed by atoms with E-state index < -0.39 is 26.4 Å². The van der Waals surface area contributed by atoms with Crippen molar-refractivity contribution in [3.63, 3.8) is 0 Å². The number of nitrogens with zero attached hydrogens (tertiary/aromatic N) is 3. The Bertz CT molecular complexity index is 711. The summed E-state index contributed by atoms with van der Waals surface area (Å²) in [6.45, 7) is 0. The molecule has 0 atom stereocenters. The highest BCUT2D eigenvalue weighted by Crippen LogP contribution is 2.28. The number of anilines is 1. The Morgan fingerprint density at radius 3 is 2.74 bits per heavy atom. The first-order valence-electron chi connectivity index (χ1n) is 4.76. The van der Waals surface area contributed by atoms with E-state index in [1.165, 1.54) is 0 Å². The van der Waals surface area contributed by atoms with Gasteiger partial charge in [-0.25, -0.2) is 18.2 Å². The Morgan fingerprint density at radius 2 is 2.16 bits per heavy atom. The molecule has 0 fully saturated rings. The molecule has 0 saturated heterocycles. The number of nitro groups is 1. The average molecular weight is 285 g/mol. The number of phenols is 1. The minimum atomic E-state index is -4.06. The molecule has 0 aliphatic carbocycles. The van der Waals surface area contributed by atoms with Crippen LogP contribution in [-0.4, -0.2) is 33.6 Å². The number of sulfonamides is 1. The SMILES string of the molecule is O=[N+]([O-])c1cc(S(=O)(=O)Nc2ncn[nH]2)ccc1O. The highest BCUT2D eigenvalue weighted by molar-refractivity contribution is 7.92. The van der Waals surface area contributed by atoms with E-state index in [0.29, 0.717) is 0 Å². The molecule has 0 radical (unpaired) electrons. The van der Waals surface area contributed by atoms with Crippen LogP contribution >= 0.6 is 0 Å². The molecule has 10 nitrogen and oxygen atoms in total. The number of hydrogen-bond donors (Lipinski definition) is 3. The van der Waals surface area contributed by atoms with Crippen molar-refractivity contribution in [3.8, 4) is 5.75 Å². The van der Waals surface area contributed by atoms with Crippen LogP contribution in [0.3, 0.4) is 0 Å². The van der Waals surface area contributed by atoms with Gasteiger partial charge in [-0.2, -0.15) is 10.1 Å². The van der Waals surface area contributed by atoms with Crippen molar-refractivity contribution in [2.24, 2.45) is 0 Å². The van der Waals surface area contributed by atoms with Gasteiger partial charge in [0, 0.05) is 6.07 Å². The Morgan fingerprint density at radius 1 is 1.42 bits per heavy atom. The van der Waals surface area contributed by atoms with Crippen LogP contribution in [0.2, 0.25) is 0 Å². The summed E-state index contributed by atoms with van der Waals surface area (Å²) in [5.41, 5.74) is -0.708. The van der Waals surface area contributed by atoms with E-state index in [2.05, 4.69) is 15.2 Å². The maximum atomic E-state index is 11.9. The number of phenolic OH excluding ortho intramolecular Hbond substituents is 1. The van der Waals surface area contributed by atoms with Gasteiger partial charge in [0.05, 0.1) is 9.82 Å². The summed E-state index contributed by atoms with van der Waals surface area (Å²) in [5.74, 6) is -0.751. The van der Waals surface area contributed by atoms with Crippen LogP contribution in [0.5, 0.6) is 5.75 Å². The van der Waals surface area contributed by atoms with Gasteiger partial charge in [0.25, 0.3) is 10.0 Å². The first-order chi connectivity index (χ1) is 8.90. The third-order valence-corrected chi connectivity index (χ3v) is 3.44. The molecule has 0 unspecified atom stereocenters. The fourth-order valence-corrected chi connectivity index (χ4v) is 2.24. The fraction of sp³-hybridized carbons (Fsp3) is 0. The largest absolute Gasteiger partial charge is 0.502 e. The fourth-order valence-electron chi connectivity index (χ4n) is 1.26. The molecule has 0 aliphatic rings. The van der Waals surface area contributed by atoms with Gasteiger partial charge in [-0.1, -0.05) is 0 Å². The van der Waals surface area contributed by atoms with Gasteiger partial charge in [-0.3, -0.25) is 10.1 Å². The van der Waals surface area contributed by atoms with Gasteiger partial charge < -0.3 is 5.11 Å². The second-order valence-electron chi connectivity index (χ2n) is 3.35. The number of H-pyrrole nitrogens is 1. The summed E-state index contributed by atoms with van der Waals surface area (Å²) in [6, 6.07) is 2.70. The number of aromatic hydroxyl groups is 1. The van der Waals surface area contributed by atoms with Gasteiger partial charge in [-0.15, -0.1) is 0 Å². The number of aromatic nitrogens is 3. The van der Waals surface area contributed by atoms with Crippen LogP contribution in [0.15, 0.2) is 29.4 Å². The lowest BCUT2D eigenvalue weighted by Crippen LogP contribution is -2.14. The predicted molar refractivity (Wildman–Crippen MR) is 62.0 cm³/mol. The van der Waals surface area contributed by atoms with Crippen molar-refractivity contribution in [2.45, 2.75) is 4.90 Å².